The van der Waals surface area contributed by atoms with Crippen molar-refractivity contribution in [2.45, 2.75) is 38.6 Å². The van der Waals surface area contributed by atoms with Gasteiger partial charge in [0.15, 0.2) is 0 Å². The minimum atomic E-state index is -0.822. The summed E-state index contributed by atoms with van der Waals surface area (Å²) in [4.78, 5) is 15.0. The number of hydrogen-bond donors (Lipinski definition) is 2. The SMILES string of the molecule is CCC(N)C(CC(=O)O)c1nc(C)cs1. The van der Waals surface area contributed by atoms with Crippen molar-refractivity contribution in [2.24, 2.45) is 5.73 Å². The van der Waals surface area contributed by atoms with Crippen LogP contribution in [0.25, 0.3) is 0 Å². The molecule has 84 valence electrons. The maximum Gasteiger partial charge on any atom is 0.304 e. The van der Waals surface area contributed by atoms with Gasteiger partial charge in [-0.05, 0) is 13.3 Å². The highest BCUT2D eigenvalue weighted by Crippen LogP contribution is 2.27. The van der Waals surface area contributed by atoms with Gasteiger partial charge in [-0.1, -0.05) is 6.92 Å². The first-order valence-corrected chi connectivity index (χ1v) is 5.82. The summed E-state index contributed by atoms with van der Waals surface area (Å²) in [5.41, 5.74) is 6.83. The lowest BCUT2D eigenvalue weighted by atomic mass is 9.95. The second-order valence-electron chi connectivity index (χ2n) is 3.60. The average molecular weight is 228 g/mol. The topological polar surface area (TPSA) is 76.2 Å². The van der Waals surface area contributed by atoms with E-state index in [2.05, 4.69) is 4.98 Å². The molecule has 1 heterocycles. The van der Waals surface area contributed by atoms with Gasteiger partial charge in [0, 0.05) is 23.0 Å². The highest BCUT2D eigenvalue weighted by molar-refractivity contribution is 7.09. The van der Waals surface area contributed by atoms with Crippen LogP contribution in [0.1, 0.15) is 36.4 Å². The molecule has 0 saturated carbocycles. The monoisotopic (exact) mass is 228 g/mol. The van der Waals surface area contributed by atoms with Crippen molar-refractivity contribution >= 4 is 17.3 Å². The molecule has 5 heteroatoms. The molecule has 3 N–H and O–H groups in total. The molecule has 0 spiro atoms. The molecule has 0 aliphatic rings. The molecule has 1 aromatic rings. The molecule has 1 rings (SSSR count). The van der Waals surface area contributed by atoms with Crippen LogP contribution in [-0.4, -0.2) is 22.1 Å². The molecule has 0 aromatic carbocycles. The van der Waals surface area contributed by atoms with E-state index in [1.54, 1.807) is 0 Å². The molecule has 2 atom stereocenters. The predicted molar refractivity (Wildman–Crippen MR) is 60.1 cm³/mol. The molecule has 15 heavy (non-hydrogen) atoms. The summed E-state index contributed by atoms with van der Waals surface area (Å²) in [6.45, 7) is 3.86. The van der Waals surface area contributed by atoms with Gasteiger partial charge < -0.3 is 10.8 Å². The number of rotatable bonds is 5. The van der Waals surface area contributed by atoms with Crippen LogP contribution >= 0.6 is 11.3 Å². The number of thiazole rings is 1. The van der Waals surface area contributed by atoms with Gasteiger partial charge in [0.2, 0.25) is 0 Å². The third-order valence-corrected chi connectivity index (χ3v) is 3.43. The number of aromatic nitrogens is 1. The number of nitrogens with two attached hydrogens (primary N) is 1. The first-order valence-electron chi connectivity index (χ1n) is 4.94. The third-order valence-electron chi connectivity index (χ3n) is 2.34. The van der Waals surface area contributed by atoms with E-state index in [1.807, 2.05) is 19.2 Å². The molecular weight excluding hydrogens is 212 g/mol. The molecule has 0 radical (unpaired) electrons. The maximum atomic E-state index is 10.7. The summed E-state index contributed by atoms with van der Waals surface area (Å²) < 4.78 is 0. The minimum Gasteiger partial charge on any atom is -0.481 e. The molecule has 0 aliphatic carbocycles. The molecule has 0 fully saturated rings. The Labute approximate surface area is 93.1 Å². The summed E-state index contributed by atoms with van der Waals surface area (Å²) >= 11 is 1.49. The molecule has 0 amide bonds. The third kappa shape index (κ3) is 3.28. The quantitative estimate of drug-likeness (QED) is 0.805. The first kappa shape index (κ1) is 12.1. The van der Waals surface area contributed by atoms with Crippen LogP contribution in [0.2, 0.25) is 0 Å². The van der Waals surface area contributed by atoms with Gasteiger partial charge in [0.25, 0.3) is 0 Å². The Bertz CT molecular complexity index is 338. The molecular formula is C10H16N2O2S. The number of carbonyl (C=O) groups is 1. The number of aliphatic carboxylic acids is 1. The van der Waals surface area contributed by atoms with Crippen molar-refractivity contribution in [1.82, 2.24) is 4.98 Å². The van der Waals surface area contributed by atoms with E-state index in [0.29, 0.717) is 0 Å². The van der Waals surface area contributed by atoms with Crippen LogP contribution < -0.4 is 5.73 Å². The zero-order valence-corrected chi connectivity index (χ0v) is 9.75. The van der Waals surface area contributed by atoms with E-state index < -0.39 is 5.97 Å². The Balaban J connectivity index is 2.85. The molecule has 2 unspecified atom stereocenters. The van der Waals surface area contributed by atoms with E-state index in [4.69, 9.17) is 10.8 Å². The van der Waals surface area contributed by atoms with Gasteiger partial charge in [-0.3, -0.25) is 4.79 Å². The van der Waals surface area contributed by atoms with Crippen molar-refractivity contribution in [3.8, 4) is 0 Å². The molecule has 0 aliphatic heterocycles. The van der Waals surface area contributed by atoms with E-state index in [1.165, 1.54) is 11.3 Å². The van der Waals surface area contributed by atoms with Gasteiger partial charge in [-0.25, -0.2) is 4.98 Å². The number of nitrogens with zero attached hydrogens (tertiary/aromatic N) is 1. The van der Waals surface area contributed by atoms with E-state index in [-0.39, 0.29) is 18.4 Å². The minimum absolute atomic E-state index is 0.0575. The normalized spacial score (nSPS) is 14.9. The zero-order valence-electron chi connectivity index (χ0n) is 8.93. The van der Waals surface area contributed by atoms with Crippen molar-refractivity contribution in [1.29, 1.82) is 0 Å². The number of aryl methyl sites for hydroxylation is 1. The lowest BCUT2D eigenvalue weighted by Gasteiger charge is -2.18. The highest BCUT2D eigenvalue weighted by Gasteiger charge is 2.24. The lowest BCUT2D eigenvalue weighted by molar-refractivity contribution is -0.137. The van der Waals surface area contributed by atoms with Crippen LogP contribution in [0, 0.1) is 6.92 Å². The van der Waals surface area contributed by atoms with E-state index in [9.17, 15) is 4.79 Å². The van der Waals surface area contributed by atoms with Gasteiger partial charge in [-0.2, -0.15) is 0 Å². The van der Waals surface area contributed by atoms with Crippen LogP contribution in [0.3, 0.4) is 0 Å². The Hall–Kier alpha value is -0.940. The van der Waals surface area contributed by atoms with Crippen molar-refractivity contribution in [2.75, 3.05) is 0 Å². The summed E-state index contributed by atoms with van der Waals surface area (Å²) in [6.07, 6.45) is 0.818. The number of hydrogen-bond acceptors (Lipinski definition) is 4. The van der Waals surface area contributed by atoms with E-state index >= 15 is 0 Å². The second-order valence-corrected chi connectivity index (χ2v) is 4.49. The Morgan fingerprint density at radius 3 is 2.80 bits per heavy atom. The number of carboxylic acids is 1. The zero-order chi connectivity index (χ0) is 11.4. The van der Waals surface area contributed by atoms with E-state index in [0.717, 1.165) is 17.1 Å². The predicted octanol–water partition coefficient (Wildman–Crippen LogP) is 1.75. The summed E-state index contributed by atoms with van der Waals surface area (Å²) in [6, 6.07) is -0.133. The van der Waals surface area contributed by atoms with Crippen molar-refractivity contribution < 1.29 is 9.90 Å². The average Bonchev–Trinajstić information content (AvgIpc) is 2.59. The van der Waals surface area contributed by atoms with Crippen LogP contribution in [-0.2, 0) is 4.79 Å². The van der Waals surface area contributed by atoms with Gasteiger partial charge in [0.1, 0.15) is 0 Å². The Morgan fingerprint density at radius 2 is 2.40 bits per heavy atom. The van der Waals surface area contributed by atoms with Crippen LogP contribution in [0.4, 0.5) is 0 Å². The molecule has 4 nitrogen and oxygen atoms in total. The lowest BCUT2D eigenvalue weighted by Crippen LogP contribution is -2.29. The highest BCUT2D eigenvalue weighted by atomic mass is 32.1. The Morgan fingerprint density at radius 1 is 1.73 bits per heavy atom. The second kappa shape index (κ2) is 5.23. The van der Waals surface area contributed by atoms with Gasteiger partial charge in [-0.15, -0.1) is 11.3 Å². The van der Waals surface area contributed by atoms with Gasteiger partial charge in [0.05, 0.1) is 11.4 Å². The smallest absolute Gasteiger partial charge is 0.304 e. The summed E-state index contributed by atoms with van der Waals surface area (Å²) in [5, 5.41) is 11.6. The molecule has 0 bridgehead atoms. The number of carboxylic acid groups (broad SMARTS) is 1. The van der Waals surface area contributed by atoms with Gasteiger partial charge >= 0.3 is 5.97 Å². The fourth-order valence-electron chi connectivity index (χ4n) is 1.44. The molecule has 1 aromatic heterocycles. The fraction of sp³-hybridized carbons (Fsp3) is 0.600. The maximum absolute atomic E-state index is 10.7. The fourth-order valence-corrected chi connectivity index (χ4v) is 2.41. The standard InChI is InChI=1S/C10H16N2O2S/c1-3-8(11)7(4-9(13)14)10-12-6(2)5-15-10/h5,7-8H,3-4,11H2,1-2H3,(H,13,14). The van der Waals surface area contributed by atoms with Crippen LogP contribution in [0.5, 0.6) is 0 Å². The molecule has 0 saturated heterocycles. The van der Waals surface area contributed by atoms with Crippen LogP contribution in [0.15, 0.2) is 5.38 Å². The summed E-state index contributed by atoms with van der Waals surface area (Å²) in [5.74, 6) is -0.983. The first-order chi connectivity index (χ1) is 7.04. The van der Waals surface area contributed by atoms with Crippen molar-refractivity contribution in [3.05, 3.63) is 16.1 Å². The Kier molecular flexibility index (Phi) is 4.23. The largest absolute Gasteiger partial charge is 0.481 e. The summed E-state index contributed by atoms with van der Waals surface area (Å²) in [7, 11) is 0. The van der Waals surface area contributed by atoms with Crippen molar-refractivity contribution in [3.63, 3.8) is 0 Å².